The number of nitrogens with two attached hydrogens (primary N) is 1. The molecule has 0 aliphatic carbocycles. The van der Waals surface area contributed by atoms with Gasteiger partial charge in [-0.25, -0.2) is 0 Å². The Morgan fingerprint density at radius 3 is 2.73 bits per heavy atom. The first-order valence-corrected chi connectivity index (χ1v) is 4.33. The molecule has 1 unspecified atom stereocenters. The molecule has 0 aliphatic rings. The molecule has 0 radical (unpaired) electrons. The van der Waals surface area contributed by atoms with Crippen molar-refractivity contribution in [3.05, 3.63) is 0 Å². The van der Waals surface area contributed by atoms with E-state index >= 15 is 0 Å². The molecular formula is C8H20N2O. The van der Waals surface area contributed by atoms with Gasteiger partial charge in [0, 0.05) is 19.6 Å². The number of nitrogens with one attached hydrogen (secondary N) is 1. The zero-order valence-corrected chi connectivity index (χ0v) is 7.60. The van der Waals surface area contributed by atoms with Gasteiger partial charge in [-0.15, -0.1) is 0 Å². The normalized spacial score (nSPS) is 13.4. The van der Waals surface area contributed by atoms with Gasteiger partial charge in [0.25, 0.3) is 0 Å². The summed E-state index contributed by atoms with van der Waals surface area (Å²) >= 11 is 0. The standard InChI is InChI=1S/C8H20N2O/c1-3-8(2)11-7-6-10-5-4-9/h8,10H,3-7,9H2,1-2H3. The minimum absolute atomic E-state index is 0.384. The maximum absolute atomic E-state index is 5.43. The van der Waals surface area contributed by atoms with Crippen LogP contribution in [0.2, 0.25) is 0 Å². The van der Waals surface area contributed by atoms with Gasteiger partial charge in [0.2, 0.25) is 0 Å². The lowest BCUT2D eigenvalue weighted by atomic mass is 10.3. The molecule has 68 valence electrons. The van der Waals surface area contributed by atoms with Crippen LogP contribution < -0.4 is 11.1 Å². The topological polar surface area (TPSA) is 47.3 Å². The Balaban J connectivity index is 2.89. The van der Waals surface area contributed by atoms with Gasteiger partial charge in [0.05, 0.1) is 12.7 Å². The van der Waals surface area contributed by atoms with E-state index in [1.165, 1.54) is 0 Å². The van der Waals surface area contributed by atoms with E-state index in [0.717, 1.165) is 26.1 Å². The Bertz CT molecular complexity index is 78.5. The molecular weight excluding hydrogens is 140 g/mol. The van der Waals surface area contributed by atoms with Crippen molar-refractivity contribution in [3.63, 3.8) is 0 Å². The highest BCUT2D eigenvalue weighted by atomic mass is 16.5. The molecule has 0 aromatic carbocycles. The molecule has 0 aromatic rings. The van der Waals surface area contributed by atoms with Crippen LogP contribution in [0.1, 0.15) is 20.3 Å². The van der Waals surface area contributed by atoms with Crippen LogP contribution in [-0.4, -0.2) is 32.3 Å². The third kappa shape index (κ3) is 7.78. The molecule has 3 N–H and O–H groups in total. The summed E-state index contributed by atoms with van der Waals surface area (Å²) in [6, 6.07) is 0. The first kappa shape index (κ1) is 10.9. The summed E-state index contributed by atoms with van der Waals surface area (Å²) in [5, 5.41) is 3.16. The minimum Gasteiger partial charge on any atom is -0.377 e. The monoisotopic (exact) mass is 160 g/mol. The summed E-state index contributed by atoms with van der Waals surface area (Å²) in [4.78, 5) is 0. The van der Waals surface area contributed by atoms with Crippen molar-refractivity contribution < 1.29 is 4.74 Å². The quantitative estimate of drug-likeness (QED) is 0.528. The smallest absolute Gasteiger partial charge is 0.0594 e. The van der Waals surface area contributed by atoms with Crippen LogP contribution in [0.15, 0.2) is 0 Å². The largest absolute Gasteiger partial charge is 0.377 e. The molecule has 0 aliphatic heterocycles. The second-order valence-electron chi connectivity index (χ2n) is 2.63. The van der Waals surface area contributed by atoms with E-state index in [9.17, 15) is 0 Å². The van der Waals surface area contributed by atoms with Gasteiger partial charge < -0.3 is 15.8 Å². The maximum atomic E-state index is 5.43. The Labute approximate surface area is 69.3 Å². The number of hydrogen-bond acceptors (Lipinski definition) is 3. The van der Waals surface area contributed by atoms with Crippen molar-refractivity contribution >= 4 is 0 Å². The lowest BCUT2D eigenvalue weighted by Gasteiger charge is -2.10. The lowest BCUT2D eigenvalue weighted by Crippen LogP contribution is -2.27. The summed E-state index contributed by atoms with van der Waals surface area (Å²) in [6.45, 7) is 7.48. The van der Waals surface area contributed by atoms with Crippen molar-refractivity contribution in [1.82, 2.24) is 5.32 Å². The SMILES string of the molecule is CCC(C)OCCNCCN. The van der Waals surface area contributed by atoms with Crippen LogP contribution in [0, 0.1) is 0 Å². The van der Waals surface area contributed by atoms with E-state index in [4.69, 9.17) is 10.5 Å². The fraction of sp³-hybridized carbons (Fsp3) is 1.00. The summed E-state index contributed by atoms with van der Waals surface area (Å²) in [5.41, 5.74) is 5.29. The summed E-state index contributed by atoms with van der Waals surface area (Å²) in [6.07, 6.45) is 1.46. The predicted octanol–water partition coefficient (Wildman–Crippen LogP) is 0.350. The van der Waals surface area contributed by atoms with Gasteiger partial charge in [0.15, 0.2) is 0 Å². The molecule has 3 heteroatoms. The molecule has 0 saturated carbocycles. The van der Waals surface area contributed by atoms with Gasteiger partial charge >= 0.3 is 0 Å². The zero-order chi connectivity index (χ0) is 8.53. The average Bonchev–Trinajstić information content (AvgIpc) is 2.04. The molecule has 0 spiro atoms. The second-order valence-corrected chi connectivity index (χ2v) is 2.63. The third-order valence-electron chi connectivity index (χ3n) is 1.58. The maximum Gasteiger partial charge on any atom is 0.0594 e. The van der Waals surface area contributed by atoms with Crippen LogP contribution in [0.4, 0.5) is 0 Å². The average molecular weight is 160 g/mol. The molecule has 0 heterocycles. The summed E-state index contributed by atoms with van der Waals surface area (Å²) < 4.78 is 5.43. The fourth-order valence-corrected chi connectivity index (χ4v) is 0.677. The summed E-state index contributed by atoms with van der Waals surface area (Å²) in [5.74, 6) is 0. The third-order valence-corrected chi connectivity index (χ3v) is 1.58. The highest BCUT2D eigenvalue weighted by molar-refractivity contribution is 4.48. The van der Waals surface area contributed by atoms with Crippen molar-refractivity contribution in [2.45, 2.75) is 26.4 Å². The molecule has 1 atom stereocenters. The van der Waals surface area contributed by atoms with E-state index in [0.29, 0.717) is 12.6 Å². The fourth-order valence-electron chi connectivity index (χ4n) is 0.677. The Kier molecular flexibility index (Phi) is 7.89. The molecule has 0 amide bonds. The molecule has 0 aromatic heterocycles. The van der Waals surface area contributed by atoms with Crippen LogP contribution in [-0.2, 0) is 4.74 Å². The predicted molar refractivity (Wildman–Crippen MR) is 47.6 cm³/mol. The van der Waals surface area contributed by atoms with Gasteiger partial charge in [-0.1, -0.05) is 6.92 Å². The zero-order valence-electron chi connectivity index (χ0n) is 7.60. The first-order valence-electron chi connectivity index (χ1n) is 4.33. The Hall–Kier alpha value is -0.120. The molecule has 0 saturated heterocycles. The van der Waals surface area contributed by atoms with E-state index in [1.54, 1.807) is 0 Å². The summed E-state index contributed by atoms with van der Waals surface area (Å²) in [7, 11) is 0. The molecule has 3 nitrogen and oxygen atoms in total. The Morgan fingerprint density at radius 1 is 1.45 bits per heavy atom. The Morgan fingerprint density at radius 2 is 2.18 bits per heavy atom. The first-order chi connectivity index (χ1) is 5.31. The van der Waals surface area contributed by atoms with E-state index < -0.39 is 0 Å². The van der Waals surface area contributed by atoms with E-state index in [1.807, 2.05) is 0 Å². The molecule has 0 bridgehead atoms. The molecule has 0 fully saturated rings. The number of ether oxygens (including phenoxy) is 1. The van der Waals surface area contributed by atoms with Gasteiger partial charge in [0.1, 0.15) is 0 Å². The minimum atomic E-state index is 0.384. The van der Waals surface area contributed by atoms with Crippen molar-refractivity contribution in [1.29, 1.82) is 0 Å². The second kappa shape index (κ2) is 7.98. The van der Waals surface area contributed by atoms with Crippen LogP contribution >= 0.6 is 0 Å². The van der Waals surface area contributed by atoms with Gasteiger partial charge in [-0.3, -0.25) is 0 Å². The number of rotatable bonds is 7. The van der Waals surface area contributed by atoms with Gasteiger partial charge in [-0.05, 0) is 13.3 Å². The van der Waals surface area contributed by atoms with Crippen molar-refractivity contribution in [3.8, 4) is 0 Å². The highest BCUT2D eigenvalue weighted by Crippen LogP contribution is 1.93. The van der Waals surface area contributed by atoms with Crippen molar-refractivity contribution in [2.24, 2.45) is 5.73 Å². The van der Waals surface area contributed by atoms with Crippen LogP contribution in [0.5, 0.6) is 0 Å². The van der Waals surface area contributed by atoms with E-state index in [2.05, 4.69) is 19.2 Å². The number of hydrogen-bond donors (Lipinski definition) is 2. The molecule has 0 rings (SSSR count). The van der Waals surface area contributed by atoms with E-state index in [-0.39, 0.29) is 0 Å². The van der Waals surface area contributed by atoms with Crippen molar-refractivity contribution in [2.75, 3.05) is 26.2 Å². The lowest BCUT2D eigenvalue weighted by molar-refractivity contribution is 0.0658. The highest BCUT2D eigenvalue weighted by Gasteiger charge is 1.95. The molecule has 11 heavy (non-hydrogen) atoms. The van der Waals surface area contributed by atoms with Crippen LogP contribution in [0.25, 0.3) is 0 Å². The van der Waals surface area contributed by atoms with Gasteiger partial charge in [-0.2, -0.15) is 0 Å². The van der Waals surface area contributed by atoms with Crippen LogP contribution in [0.3, 0.4) is 0 Å².